The highest BCUT2D eigenvalue weighted by Gasteiger charge is 2.30. The molecule has 0 atom stereocenters. The summed E-state index contributed by atoms with van der Waals surface area (Å²) in [6.07, 6.45) is -0.977. The van der Waals surface area contributed by atoms with E-state index in [4.69, 9.17) is 0 Å². The van der Waals surface area contributed by atoms with Crippen LogP contribution in [0.3, 0.4) is 0 Å². The van der Waals surface area contributed by atoms with Crippen molar-refractivity contribution >= 4 is 0 Å². The van der Waals surface area contributed by atoms with Crippen LogP contribution in [0.5, 0.6) is 0 Å². The number of aromatic nitrogens is 4. The average molecular weight is 304 g/mol. The van der Waals surface area contributed by atoms with Gasteiger partial charge in [0.25, 0.3) is 0 Å². The summed E-state index contributed by atoms with van der Waals surface area (Å²) in [6.45, 7) is 0.453. The number of hydrogen-bond donors (Lipinski definition) is 0. The van der Waals surface area contributed by atoms with Gasteiger partial charge in [0.1, 0.15) is 5.69 Å². The summed E-state index contributed by atoms with van der Waals surface area (Å²) in [5.74, 6) is 0. The Hall–Kier alpha value is -2.70. The van der Waals surface area contributed by atoms with Gasteiger partial charge in [0.15, 0.2) is 0 Å². The smallest absolute Gasteiger partial charge is 0.259 e. The summed E-state index contributed by atoms with van der Waals surface area (Å²) in [4.78, 5) is 4.18. The molecule has 2 heterocycles. The Morgan fingerprint density at radius 1 is 1.00 bits per heavy atom. The summed E-state index contributed by atoms with van der Waals surface area (Å²) < 4.78 is 39.2. The first kappa shape index (κ1) is 14.2. The predicted octanol–water partition coefficient (Wildman–Crippen LogP) is 3.41. The second-order valence-corrected chi connectivity index (χ2v) is 4.70. The topological polar surface area (TPSA) is 43.6 Å². The van der Waals surface area contributed by atoms with Gasteiger partial charge in [-0.15, -0.1) is 5.10 Å². The zero-order chi connectivity index (χ0) is 15.6. The Bertz CT molecular complexity index is 748. The van der Waals surface area contributed by atoms with Gasteiger partial charge in [-0.3, -0.25) is 4.98 Å². The van der Waals surface area contributed by atoms with Crippen molar-refractivity contribution in [3.8, 4) is 11.3 Å². The van der Waals surface area contributed by atoms with Crippen LogP contribution in [0.2, 0.25) is 0 Å². The van der Waals surface area contributed by atoms with Crippen molar-refractivity contribution < 1.29 is 13.2 Å². The fourth-order valence-corrected chi connectivity index (χ4v) is 2.00. The first-order valence-corrected chi connectivity index (χ1v) is 6.50. The zero-order valence-corrected chi connectivity index (χ0v) is 11.3. The molecule has 3 rings (SSSR count). The van der Waals surface area contributed by atoms with Crippen LogP contribution < -0.4 is 0 Å². The third kappa shape index (κ3) is 3.13. The Morgan fingerprint density at radius 3 is 2.41 bits per heavy atom. The molecule has 4 nitrogen and oxygen atoms in total. The van der Waals surface area contributed by atoms with Crippen molar-refractivity contribution in [1.82, 2.24) is 20.0 Å². The minimum Gasteiger partial charge on any atom is -0.259 e. The van der Waals surface area contributed by atoms with E-state index in [9.17, 15) is 13.2 Å². The van der Waals surface area contributed by atoms with Gasteiger partial charge < -0.3 is 0 Å². The standard InChI is InChI=1S/C15H11F3N4/c16-15(17,18)12-6-4-11(5-7-12)14-10-22(21-20-14)9-13-3-1-2-8-19-13/h1-8,10H,9H2. The van der Waals surface area contributed by atoms with E-state index in [1.165, 1.54) is 12.1 Å². The Labute approximate surface area is 124 Å². The SMILES string of the molecule is FC(F)(F)c1ccc(-c2cn(Cc3ccccn3)nn2)cc1. The minimum absolute atomic E-state index is 0.453. The van der Waals surface area contributed by atoms with Gasteiger partial charge in [0, 0.05) is 11.8 Å². The third-order valence-electron chi connectivity index (χ3n) is 3.10. The molecule has 2 aromatic heterocycles. The number of benzene rings is 1. The molecule has 3 aromatic rings. The van der Waals surface area contributed by atoms with Gasteiger partial charge in [-0.2, -0.15) is 13.2 Å². The van der Waals surface area contributed by atoms with E-state index in [-0.39, 0.29) is 0 Å². The maximum atomic E-state index is 12.5. The third-order valence-corrected chi connectivity index (χ3v) is 3.10. The quantitative estimate of drug-likeness (QED) is 0.745. The van der Waals surface area contributed by atoms with Crippen molar-refractivity contribution in [1.29, 1.82) is 0 Å². The Kier molecular flexibility index (Phi) is 3.62. The van der Waals surface area contributed by atoms with Gasteiger partial charge in [-0.05, 0) is 24.3 Å². The highest BCUT2D eigenvalue weighted by molar-refractivity contribution is 5.58. The largest absolute Gasteiger partial charge is 0.416 e. The Balaban J connectivity index is 1.79. The lowest BCUT2D eigenvalue weighted by Crippen LogP contribution is -2.04. The van der Waals surface area contributed by atoms with E-state index in [1.54, 1.807) is 17.1 Å². The lowest BCUT2D eigenvalue weighted by atomic mass is 10.1. The van der Waals surface area contributed by atoms with Crippen LogP contribution in [-0.2, 0) is 12.7 Å². The van der Waals surface area contributed by atoms with Gasteiger partial charge >= 0.3 is 6.18 Å². The number of alkyl halides is 3. The molecule has 0 N–H and O–H groups in total. The molecule has 0 aliphatic carbocycles. The number of rotatable bonds is 3. The highest BCUT2D eigenvalue weighted by Crippen LogP contribution is 2.30. The number of hydrogen-bond acceptors (Lipinski definition) is 3. The van der Waals surface area contributed by atoms with Gasteiger partial charge in [0.05, 0.1) is 24.0 Å². The number of pyridine rings is 1. The molecular weight excluding hydrogens is 293 g/mol. The van der Waals surface area contributed by atoms with E-state index in [0.717, 1.165) is 17.8 Å². The first-order chi connectivity index (χ1) is 10.5. The van der Waals surface area contributed by atoms with Gasteiger partial charge in [-0.1, -0.05) is 23.4 Å². The second kappa shape index (κ2) is 5.59. The molecule has 7 heteroatoms. The molecular formula is C15H11F3N4. The maximum Gasteiger partial charge on any atom is 0.416 e. The molecule has 0 saturated carbocycles. The zero-order valence-electron chi connectivity index (χ0n) is 11.3. The predicted molar refractivity (Wildman–Crippen MR) is 73.8 cm³/mol. The van der Waals surface area contributed by atoms with Crippen LogP contribution in [0, 0.1) is 0 Å². The molecule has 0 spiro atoms. The molecule has 0 aliphatic heterocycles. The van der Waals surface area contributed by atoms with Crippen LogP contribution in [0.1, 0.15) is 11.3 Å². The van der Waals surface area contributed by atoms with E-state index >= 15 is 0 Å². The summed E-state index contributed by atoms with van der Waals surface area (Å²) in [6, 6.07) is 10.4. The summed E-state index contributed by atoms with van der Waals surface area (Å²) in [5, 5.41) is 7.94. The van der Waals surface area contributed by atoms with Crippen LogP contribution in [0.15, 0.2) is 54.9 Å². The van der Waals surface area contributed by atoms with E-state index in [0.29, 0.717) is 17.8 Å². The highest BCUT2D eigenvalue weighted by atomic mass is 19.4. The molecule has 1 aromatic carbocycles. The molecule has 0 unspecified atom stereocenters. The van der Waals surface area contributed by atoms with Crippen molar-refractivity contribution in [3.05, 3.63) is 66.1 Å². The second-order valence-electron chi connectivity index (χ2n) is 4.70. The molecule has 0 saturated heterocycles. The molecule has 22 heavy (non-hydrogen) atoms. The monoisotopic (exact) mass is 304 g/mol. The summed E-state index contributed by atoms with van der Waals surface area (Å²) in [7, 11) is 0. The fourth-order valence-electron chi connectivity index (χ4n) is 2.00. The van der Waals surface area contributed by atoms with E-state index < -0.39 is 11.7 Å². The lowest BCUT2D eigenvalue weighted by Gasteiger charge is -2.06. The van der Waals surface area contributed by atoms with E-state index in [1.807, 2.05) is 18.2 Å². The summed E-state index contributed by atoms with van der Waals surface area (Å²) >= 11 is 0. The van der Waals surface area contributed by atoms with Gasteiger partial charge in [0.2, 0.25) is 0 Å². The fraction of sp³-hybridized carbons (Fsp3) is 0.133. The van der Waals surface area contributed by atoms with E-state index in [2.05, 4.69) is 15.3 Å². The molecule has 112 valence electrons. The first-order valence-electron chi connectivity index (χ1n) is 6.50. The van der Waals surface area contributed by atoms with Crippen LogP contribution in [0.4, 0.5) is 13.2 Å². The van der Waals surface area contributed by atoms with Crippen molar-refractivity contribution in [2.45, 2.75) is 12.7 Å². The normalized spacial score (nSPS) is 11.6. The maximum absolute atomic E-state index is 12.5. The van der Waals surface area contributed by atoms with Crippen molar-refractivity contribution in [2.24, 2.45) is 0 Å². The molecule has 0 bridgehead atoms. The van der Waals surface area contributed by atoms with Crippen LogP contribution >= 0.6 is 0 Å². The molecule has 0 radical (unpaired) electrons. The number of halogens is 3. The molecule has 0 fully saturated rings. The minimum atomic E-state index is -4.34. The van der Waals surface area contributed by atoms with Crippen molar-refractivity contribution in [2.75, 3.05) is 0 Å². The average Bonchev–Trinajstić information content (AvgIpc) is 2.96. The van der Waals surface area contributed by atoms with Crippen molar-refractivity contribution in [3.63, 3.8) is 0 Å². The lowest BCUT2D eigenvalue weighted by molar-refractivity contribution is -0.137. The Morgan fingerprint density at radius 2 is 1.77 bits per heavy atom. The molecule has 0 amide bonds. The summed E-state index contributed by atoms with van der Waals surface area (Å²) in [5.41, 5.74) is 1.24. The number of nitrogens with zero attached hydrogens (tertiary/aromatic N) is 4. The molecule has 0 aliphatic rings. The van der Waals surface area contributed by atoms with Crippen LogP contribution in [-0.4, -0.2) is 20.0 Å². The van der Waals surface area contributed by atoms with Crippen LogP contribution in [0.25, 0.3) is 11.3 Å². The van der Waals surface area contributed by atoms with Gasteiger partial charge in [-0.25, -0.2) is 4.68 Å².